The first kappa shape index (κ1) is 17.5. The maximum Gasteiger partial charge on any atom is 0.240 e. The van der Waals surface area contributed by atoms with E-state index >= 15 is 0 Å². The number of anilines is 1. The second-order valence-electron chi connectivity index (χ2n) is 7.25. The highest BCUT2D eigenvalue weighted by atomic mass is 16.3. The van der Waals surface area contributed by atoms with E-state index in [0.717, 1.165) is 47.5 Å². The van der Waals surface area contributed by atoms with Crippen molar-refractivity contribution < 1.29 is 14.0 Å². The van der Waals surface area contributed by atoms with Crippen LogP contribution in [0.2, 0.25) is 0 Å². The summed E-state index contributed by atoms with van der Waals surface area (Å²) in [7, 11) is 0. The first-order valence-electron chi connectivity index (χ1n) is 9.32. The highest BCUT2D eigenvalue weighted by Gasteiger charge is 2.37. The van der Waals surface area contributed by atoms with E-state index in [9.17, 15) is 9.59 Å². The van der Waals surface area contributed by atoms with Crippen LogP contribution in [0.1, 0.15) is 36.1 Å². The van der Waals surface area contributed by atoms with Gasteiger partial charge in [0, 0.05) is 5.71 Å². The van der Waals surface area contributed by atoms with Crippen molar-refractivity contribution in [2.45, 2.75) is 39.7 Å². The molecule has 2 amide bonds. The first-order chi connectivity index (χ1) is 13.0. The van der Waals surface area contributed by atoms with Gasteiger partial charge in [-0.25, -0.2) is 0 Å². The third-order valence-electron chi connectivity index (χ3n) is 5.38. The van der Waals surface area contributed by atoms with E-state index in [4.69, 9.17) is 9.41 Å². The molecule has 1 atom stereocenters. The molecule has 1 saturated carbocycles. The zero-order valence-electron chi connectivity index (χ0n) is 15.6. The zero-order valence-corrected chi connectivity index (χ0v) is 15.6. The largest absolute Gasteiger partial charge is 0.467 e. The van der Waals surface area contributed by atoms with Crippen LogP contribution in [-0.4, -0.2) is 24.1 Å². The predicted molar refractivity (Wildman–Crippen MR) is 103 cm³/mol. The van der Waals surface area contributed by atoms with E-state index in [1.54, 1.807) is 23.3 Å². The molecule has 0 radical (unpaired) electrons. The minimum absolute atomic E-state index is 0.0195. The van der Waals surface area contributed by atoms with Crippen LogP contribution < -0.4 is 10.2 Å². The summed E-state index contributed by atoms with van der Waals surface area (Å²) in [4.78, 5) is 32.1. The standard InChI is InChI=1S/C21H23N3O3/c1-13-9-18-19(10-14(13)2)24(21(26)16-6-3-7-17(16)23-18)12-20(25)22-11-15-5-4-8-27-15/h4-5,8-10,16H,3,6-7,11-12H2,1-2H3,(H,22,25)/t16-/m1/s1. The van der Waals surface area contributed by atoms with Crippen molar-refractivity contribution in [1.82, 2.24) is 5.32 Å². The van der Waals surface area contributed by atoms with E-state index in [0.29, 0.717) is 12.3 Å². The van der Waals surface area contributed by atoms with Crippen LogP contribution >= 0.6 is 0 Å². The van der Waals surface area contributed by atoms with E-state index in [-0.39, 0.29) is 24.3 Å². The molecule has 1 N–H and O–H groups in total. The molecular weight excluding hydrogens is 342 g/mol. The quantitative estimate of drug-likeness (QED) is 0.902. The fraction of sp³-hybridized carbons (Fsp3) is 0.381. The summed E-state index contributed by atoms with van der Waals surface area (Å²) >= 11 is 0. The van der Waals surface area contributed by atoms with E-state index in [1.165, 1.54) is 0 Å². The van der Waals surface area contributed by atoms with Crippen molar-refractivity contribution in [1.29, 1.82) is 0 Å². The van der Waals surface area contributed by atoms with Gasteiger partial charge in [0.1, 0.15) is 12.3 Å². The number of aliphatic imine (C=N–C) groups is 1. The van der Waals surface area contributed by atoms with Gasteiger partial charge in [-0.1, -0.05) is 0 Å². The summed E-state index contributed by atoms with van der Waals surface area (Å²) in [5, 5.41) is 2.83. The minimum Gasteiger partial charge on any atom is -0.467 e. The number of fused-ring (bicyclic) bond motifs is 2. The average molecular weight is 365 g/mol. The predicted octanol–water partition coefficient (Wildman–Crippen LogP) is 3.43. The van der Waals surface area contributed by atoms with Crippen LogP contribution in [0.15, 0.2) is 39.9 Å². The molecule has 140 valence electrons. The maximum absolute atomic E-state index is 13.2. The molecule has 2 heterocycles. The number of carbonyl (C=O) groups excluding carboxylic acids is 2. The number of hydrogen-bond acceptors (Lipinski definition) is 4. The van der Waals surface area contributed by atoms with Crippen LogP contribution in [0.5, 0.6) is 0 Å². The summed E-state index contributed by atoms with van der Waals surface area (Å²) in [6.07, 6.45) is 4.18. The molecule has 0 spiro atoms. The molecule has 1 aromatic heterocycles. The molecule has 1 fully saturated rings. The van der Waals surface area contributed by atoms with Gasteiger partial charge >= 0.3 is 0 Å². The fourth-order valence-electron chi connectivity index (χ4n) is 3.74. The fourth-order valence-corrected chi connectivity index (χ4v) is 3.74. The summed E-state index contributed by atoms with van der Waals surface area (Å²) in [6, 6.07) is 7.56. The van der Waals surface area contributed by atoms with Gasteiger partial charge in [0.25, 0.3) is 0 Å². The van der Waals surface area contributed by atoms with Gasteiger partial charge in [0.05, 0.1) is 30.1 Å². The van der Waals surface area contributed by atoms with E-state index < -0.39 is 0 Å². The number of nitrogens with zero attached hydrogens (tertiary/aromatic N) is 2. The van der Waals surface area contributed by atoms with Gasteiger partial charge < -0.3 is 14.6 Å². The second-order valence-corrected chi connectivity index (χ2v) is 7.25. The van der Waals surface area contributed by atoms with Crippen molar-refractivity contribution in [2.24, 2.45) is 10.9 Å². The van der Waals surface area contributed by atoms with Crippen LogP contribution in [0.3, 0.4) is 0 Å². The molecule has 27 heavy (non-hydrogen) atoms. The Labute approximate surface area is 158 Å². The molecule has 0 unspecified atom stereocenters. The Balaban J connectivity index is 1.62. The molecular formula is C21H23N3O3. The molecule has 4 rings (SSSR count). The van der Waals surface area contributed by atoms with Gasteiger partial charge in [0.15, 0.2) is 0 Å². The van der Waals surface area contributed by atoms with Gasteiger partial charge in [-0.05, 0) is 68.5 Å². The Hall–Kier alpha value is -2.89. The number of carbonyl (C=O) groups is 2. The van der Waals surface area contributed by atoms with Crippen molar-refractivity contribution in [3.63, 3.8) is 0 Å². The number of amides is 2. The molecule has 0 saturated heterocycles. The molecule has 6 nitrogen and oxygen atoms in total. The molecule has 1 aliphatic heterocycles. The molecule has 2 aliphatic rings. The Morgan fingerprint density at radius 2 is 2.15 bits per heavy atom. The lowest BCUT2D eigenvalue weighted by molar-refractivity contribution is -0.124. The van der Waals surface area contributed by atoms with Crippen LogP contribution in [-0.2, 0) is 16.1 Å². The first-order valence-corrected chi connectivity index (χ1v) is 9.32. The van der Waals surface area contributed by atoms with Gasteiger partial charge in [-0.2, -0.15) is 0 Å². The number of nitrogens with one attached hydrogen (secondary N) is 1. The Morgan fingerprint density at radius 3 is 2.93 bits per heavy atom. The van der Waals surface area contributed by atoms with Crippen molar-refractivity contribution in [3.8, 4) is 0 Å². The van der Waals surface area contributed by atoms with Crippen molar-refractivity contribution in [3.05, 3.63) is 47.4 Å². The zero-order chi connectivity index (χ0) is 19.0. The maximum atomic E-state index is 13.2. The molecule has 6 heteroatoms. The smallest absolute Gasteiger partial charge is 0.240 e. The third-order valence-corrected chi connectivity index (χ3v) is 5.38. The van der Waals surface area contributed by atoms with Gasteiger partial charge in [0.2, 0.25) is 11.8 Å². The summed E-state index contributed by atoms with van der Waals surface area (Å²) in [5.74, 6) is 0.224. The van der Waals surface area contributed by atoms with Crippen molar-refractivity contribution in [2.75, 3.05) is 11.4 Å². The van der Waals surface area contributed by atoms with Crippen LogP contribution in [0.4, 0.5) is 11.4 Å². The number of rotatable bonds is 4. The second kappa shape index (κ2) is 7.02. The highest BCUT2D eigenvalue weighted by molar-refractivity contribution is 6.16. The highest BCUT2D eigenvalue weighted by Crippen LogP contribution is 2.39. The Bertz CT molecular complexity index is 915. The Kier molecular flexibility index (Phi) is 4.56. The number of furan rings is 1. The van der Waals surface area contributed by atoms with Crippen molar-refractivity contribution >= 4 is 28.9 Å². The average Bonchev–Trinajstić information content (AvgIpc) is 3.30. The van der Waals surface area contributed by atoms with E-state index in [2.05, 4.69) is 5.32 Å². The lowest BCUT2D eigenvalue weighted by atomic mass is 10.0. The molecule has 1 aliphatic carbocycles. The summed E-state index contributed by atoms with van der Waals surface area (Å²) < 4.78 is 5.24. The number of benzene rings is 1. The minimum atomic E-state index is -0.217. The Morgan fingerprint density at radius 1 is 1.33 bits per heavy atom. The summed E-state index contributed by atoms with van der Waals surface area (Å²) in [5.41, 5.74) is 4.66. The van der Waals surface area contributed by atoms with E-state index in [1.807, 2.05) is 26.0 Å². The van der Waals surface area contributed by atoms with Gasteiger partial charge in [-0.3, -0.25) is 14.6 Å². The normalized spacial score (nSPS) is 18.6. The SMILES string of the molecule is Cc1cc2c(cc1C)N(CC(=O)NCc1ccco1)C(=O)[C@@H]1CCCC1=N2. The van der Waals surface area contributed by atoms with Gasteiger partial charge in [-0.15, -0.1) is 0 Å². The monoisotopic (exact) mass is 365 g/mol. The molecule has 1 aromatic carbocycles. The third kappa shape index (κ3) is 3.39. The number of aryl methyl sites for hydroxylation is 2. The summed E-state index contributed by atoms with van der Waals surface area (Å²) in [6.45, 7) is 4.33. The molecule has 2 aromatic rings. The number of hydrogen-bond donors (Lipinski definition) is 1. The topological polar surface area (TPSA) is 74.9 Å². The van der Waals surface area contributed by atoms with Crippen LogP contribution in [0.25, 0.3) is 0 Å². The van der Waals surface area contributed by atoms with Crippen LogP contribution in [0, 0.1) is 19.8 Å². The lowest BCUT2D eigenvalue weighted by Crippen LogP contribution is -2.43. The lowest BCUT2D eigenvalue weighted by Gasteiger charge is -2.25. The molecule has 0 bridgehead atoms.